The first-order valence-electron chi connectivity index (χ1n) is 6.27. The van der Waals surface area contributed by atoms with Crippen molar-refractivity contribution in [2.24, 2.45) is 0 Å². The molecular formula is C16H17ClO2. The molecule has 0 fully saturated rings. The largest absolute Gasteiger partial charge is 0.491 e. The van der Waals surface area contributed by atoms with E-state index in [1.807, 2.05) is 56.3 Å². The zero-order valence-corrected chi connectivity index (χ0v) is 11.8. The van der Waals surface area contributed by atoms with E-state index in [4.69, 9.17) is 16.3 Å². The van der Waals surface area contributed by atoms with Crippen molar-refractivity contribution in [2.75, 3.05) is 0 Å². The summed E-state index contributed by atoms with van der Waals surface area (Å²) < 4.78 is 5.57. The zero-order chi connectivity index (χ0) is 13.8. The number of hydrogen-bond donors (Lipinski definition) is 1. The Hall–Kier alpha value is -1.51. The van der Waals surface area contributed by atoms with Gasteiger partial charge in [0.05, 0.1) is 6.10 Å². The SMILES string of the molecule is CC(C)Oc1ccc(C(O)c2ccccc2Cl)cc1. The van der Waals surface area contributed by atoms with Crippen molar-refractivity contribution < 1.29 is 9.84 Å². The molecule has 0 spiro atoms. The minimum Gasteiger partial charge on any atom is -0.491 e. The molecule has 19 heavy (non-hydrogen) atoms. The number of ether oxygens (including phenoxy) is 1. The van der Waals surface area contributed by atoms with Crippen LogP contribution in [0.15, 0.2) is 48.5 Å². The van der Waals surface area contributed by atoms with Crippen LogP contribution in [0.2, 0.25) is 5.02 Å². The van der Waals surface area contributed by atoms with E-state index in [0.717, 1.165) is 11.3 Å². The Morgan fingerprint density at radius 1 is 1.00 bits per heavy atom. The summed E-state index contributed by atoms with van der Waals surface area (Å²) in [7, 11) is 0. The molecule has 0 heterocycles. The van der Waals surface area contributed by atoms with Gasteiger partial charge in [-0.3, -0.25) is 0 Å². The first kappa shape index (κ1) is 13.9. The van der Waals surface area contributed by atoms with Gasteiger partial charge in [0.1, 0.15) is 11.9 Å². The Morgan fingerprint density at radius 2 is 1.63 bits per heavy atom. The fourth-order valence-electron chi connectivity index (χ4n) is 1.88. The summed E-state index contributed by atoms with van der Waals surface area (Å²) in [4.78, 5) is 0. The van der Waals surface area contributed by atoms with E-state index in [2.05, 4.69) is 0 Å². The Bertz CT molecular complexity index is 535. The molecule has 1 atom stereocenters. The zero-order valence-electron chi connectivity index (χ0n) is 11.0. The Kier molecular flexibility index (Phi) is 4.46. The number of aliphatic hydroxyl groups excluding tert-OH is 1. The number of benzene rings is 2. The van der Waals surface area contributed by atoms with E-state index >= 15 is 0 Å². The van der Waals surface area contributed by atoms with Crippen LogP contribution in [0.25, 0.3) is 0 Å². The highest BCUT2D eigenvalue weighted by molar-refractivity contribution is 6.31. The van der Waals surface area contributed by atoms with Gasteiger partial charge in [0.25, 0.3) is 0 Å². The van der Waals surface area contributed by atoms with E-state index in [-0.39, 0.29) is 6.10 Å². The fourth-order valence-corrected chi connectivity index (χ4v) is 2.12. The number of aliphatic hydroxyl groups is 1. The van der Waals surface area contributed by atoms with Crippen molar-refractivity contribution >= 4 is 11.6 Å². The minimum atomic E-state index is -0.721. The van der Waals surface area contributed by atoms with Crippen LogP contribution in [0, 0.1) is 0 Å². The molecule has 2 aromatic carbocycles. The predicted molar refractivity (Wildman–Crippen MR) is 77.7 cm³/mol. The first-order chi connectivity index (χ1) is 9.08. The molecular weight excluding hydrogens is 260 g/mol. The van der Waals surface area contributed by atoms with Crippen molar-refractivity contribution in [2.45, 2.75) is 26.1 Å². The van der Waals surface area contributed by atoms with Gasteiger partial charge in [-0.05, 0) is 37.6 Å². The second kappa shape index (κ2) is 6.09. The van der Waals surface area contributed by atoms with Crippen LogP contribution < -0.4 is 4.74 Å². The Balaban J connectivity index is 2.20. The number of hydrogen-bond acceptors (Lipinski definition) is 2. The highest BCUT2D eigenvalue weighted by Gasteiger charge is 2.13. The van der Waals surface area contributed by atoms with E-state index in [1.54, 1.807) is 6.07 Å². The third kappa shape index (κ3) is 3.49. The fraction of sp³-hybridized carbons (Fsp3) is 0.250. The van der Waals surface area contributed by atoms with Gasteiger partial charge in [0.2, 0.25) is 0 Å². The summed E-state index contributed by atoms with van der Waals surface area (Å²) in [6.07, 6.45) is -0.582. The maximum absolute atomic E-state index is 10.3. The highest BCUT2D eigenvalue weighted by atomic mass is 35.5. The third-order valence-electron chi connectivity index (χ3n) is 2.77. The summed E-state index contributed by atoms with van der Waals surface area (Å²) in [6, 6.07) is 14.7. The minimum absolute atomic E-state index is 0.138. The smallest absolute Gasteiger partial charge is 0.119 e. The van der Waals surface area contributed by atoms with Crippen LogP contribution in [0.5, 0.6) is 5.75 Å². The predicted octanol–water partition coefficient (Wildman–Crippen LogP) is 4.21. The number of rotatable bonds is 4. The normalized spacial score (nSPS) is 12.5. The van der Waals surface area contributed by atoms with Gasteiger partial charge in [-0.15, -0.1) is 0 Å². The van der Waals surface area contributed by atoms with E-state index in [0.29, 0.717) is 10.6 Å². The molecule has 1 N–H and O–H groups in total. The number of halogens is 1. The molecule has 2 nitrogen and oxygen atoms in total. The molecule has 0 aromatic heterocycles. The lowest BCUT2D eigenvalue weighted by Gasteiger charge is -2.14. The van der Waals surface area contributed by atoms with Gasteiger partial charge in [-0.25, -0.2) is 0 Å². The lowest BCUT2D eigenvalue weighted by molar-refractivity contribution is 0.219. The van der Waals surface area contributed by atoms with Gasteiger partial charge < -0.3 is 9.84 Å². The van der Waals surface area contributed by atoms with Crippen molar-refractivity contribution in [1.82, 2.24) is 0 Å². The molecule has 2 aromatic rings. The molecule has 0 bridgehead atoms. The molecule has 0 saturated heterocycles. The monoisotopic (exact) mass is 276 g/mol. The van der Waals surface area contributed by atoms with Crippen LogP contribution in [0.3, 0.4) is 0 Å². The van der Waals surface area contributed by atoms with Crippen molar-refractivity contribution in [3.63, 3.8) is 0 Å². The van der Waals surface area contributed by atoms with E-state index in [1.165, 1.54) is 0 Å². The molecule has 0 aliphatic heterocycles. The van der Waals surface area contributed by atoms with Gasteiger partial charge in [-0.1, -0.05) is 41.9 Å². The van der Waals surface area contributed by atoms with Gasteiger partial charge in [0.15, 0.2) is 0 Å². The van der Waals surface area contributed by atoms with E-state index < -0.39 is 6.10 Å². The van der Waals surface area contributed by atoms with Crippen molar-refractivity contribution in [1.29, 1.82) is 0 Å². The van der Waals surface area contributed by atoms with Crippen molar-refractivity contribution in [3.8, 4) is 5.75 Å². The van der Waals surface area contributed by atoms with Crippen LogP contribution in [-0.4, -0.2) is 11.2 Å². The molecule has 2 rings (SSSR count). The quantitative estimate of drug-likeness (QED) is 0.906. The second-order valence-electron chi connectivity index (χ2n) is 4.66. The summed E-state index contributed by atoms with van der Waals surface area (Å²) in [5.74, 6) is 0.796. The summed E-state index contributed by atoms with van der Waals surface area (Å²) in [6.45, 7) is 3.96. The summed E-state index contributed by atoms with van der Waals surface area (Å²) >= 11 is 6.08. The topological polar surface area (TPSA) is 29.5 Å². The Labute approximate surface area is 118 Å². The summed E-state index contributed by atoms with van der Waals surface area (Å²) in [5.41, 5.74) is 1.51. The lowest BCUT2D eigenvalue weighted by Crippen LogP contribution is -2.06. The third-order valence-corrected chi connectivity index (χ3v) is 3.11. The molecule has 0 saturated carbocycles. The lowest BCUT2D eigenvalue weighted by atomic mass is 10.0. The van der Waals surface area contributed by atoms with Crippen LogP contribution in [0.1, 0.15) is 31.1 Å². The van der Waals surface area contributed by atoms with Gasteiger partial charge in [-0.2, -0.15) is 0 Å². The van der Waals surface area contributed by atoms with Gasteiger partial charge >= 0.3 is 0 Å². The maximum atomic E-state index is 10.3. The van der Waals surface area contributed by atoms with E-state index in [9.17, 15) is 5.11 Å². The molecule has 0 radical (unpaired) electrons. The van der Waals surface area contributed by atoms with Crippen LogP contribution >= 0.6 is 11.6 Å². The molecule has 0 aliphatic carbocycles. The van der Waals surface area contributed by atoms with Crippen LogP contribution in [-0.2, 0) is 0 Å². The average Bonchev–Trinajstić information content (AvgIpc) is 2.39. The molecule has 3 heteroatoms. The summed E-state index contributed by atoms with van der Waals surface area (Å²) in [5, 5.41) is 10.9. The molecule has 0 aliphatic rings. The standard InChI is InChI=1S/C16H17ClO2/c1-11(2)19-13-9-7-12(8-10-13)16(18)14-5-3-4-6-15(14)17/h3-11,16,18H,1-2H3. The van der Waals surface area contributed by atoms with Gasteiger partial charge in [0, 0.05) is 10.6 Å². The average molecular weight is 277 g/mol. The Morgan fingerprint density at radius 3 is 2.21 bits per heavy atom. The van der Waals surface area contributed by atoms with Crippen LogP contribution in [0.4, 0.5) is 0 Å². The first-order valence-corrected chi connectivity index (χ1v) is 6.65. The second-order valence-corrected chi connectivity index (χ2v) is 5.07. The highest BCUT2D eigenvalue weighted by Crippen LogP contribution is 2.29. The maximum Gasteiger partial charge on any atom is 0.119 e. The molecule has 100 valence electrons. The van der Waals surface area contributed by atoms with Crippen molar-refractivity contribution in [3.05, 3.63) is 64.7 Å². The molecule has 1 unspecified atom stereocenters. The molecule has 0 amide bonds.